The molecule has 1 aromatic rings. The Kier molecular flexibility index (Phi) is 4.97. The Morgan fingerprint density at radius 3 is 2.78 bits per heavy atom. The summed E-state index contributed by atoms with van der Waals surface area (Å²) in [6, 6.07) is 3.32. The third-order valence-corrected chi connectivity index (χ3v) is 5.75. The molecule has 128 valence electrons. The molecule has 0 N–H and O–H groups in total. The van der Waals surface area contributed by atoms with E-state index in [-0.39, 0.29) is 0 Å². The van der Waals surface area contributed by atoms with Gasteiger partial charge >= 0.3 is 0 Å². The SMILES string of the molecule is c1cc2n(n1)[C@H](COCC1CCOCC1)CN(C1CCCC1)C2. The summed E-state index contributed by atoms with van der Waals surface area (Å²) in [6.07, 6.45) is 9.75. The van der Waals surface area contributed by atoms with Gasteiger partial charge in [0.25, 0.3) is 0 Å². The lowest BCUT2D eigenvalue weighted by Gasteiger charge is -2.37. The first-order valence-electron chi connectivity index (χ1n) is 9.32. The van der Waals surface area contributed by atoms with Gasteiger partial charge in [0.05, 0.1) is 18.3 Å². The van der Waals surface area contributed by atoms with Gasteiger partial charge in [-0.1, -0.05) is 12.8 Å². The molecule has 1 saturated carbocycles. The molecule has 4 rings (SSSR count). The zero-order valence-corrected chi connectivity index (χ0v) is 14.0. The fourth-order valence-corrected chi connectivity index (χ4v) is 4.37. The monoisotopic (exact) mass is 319 g/mol. The number of fused-ring (bicyclic) bond motifs is 1. The van der Waals surface area contributed by atoms with Gasteiger partial charge in [-0.15, -0.1) is 0 Å². The standard InChI is InChI=1S/C18H29N3O2/c1-2-4-16(3-1)20-11-17-5-8-19-21(17)18(12-20)14-23-13-15-6-9-22-10-7-15/h5,8,15-16,18H,1-4,6-7,9-14H2/t18-/m0/s1. The van der Waals surface area contributed by atoms with Crippen LogP contribution in [0.2, 0.25) is 0 Å². The van der Waals surface area contributed by atoms with Crippen molar-refractivity contribution in [3.8, 4) is 0 Å². The summed E-state index contributed by atoms with van der Waals surface area (Å²) in [5, 5.41) is 4.55. The van der Waals surface area contributed by atoms with E-state index in [2.05, 4.69) is 20.7 Å². The first kappa shape index (κ1) is 15.6. The van der Waals surface area contributed by atoms with E-state index in [0.29, 0.717) is 12.0 Å². The van der Waals surface area contributed by atoms with E-state index in [1.165, 1.54) is 31.4 Å². The fraction of sp³-hybridized carbons (Fsp3) is 0.833. The number of hydrogen-bond donors (Lipinski definition) is 0. The third kappa shape index (κ3) is 3.62. The highest BCUT2D eigenvalue weighted by molar-refractivity contribution is 5.06. The summed E-state index contributed by atoms with van der Waals surface area (Å²) in [4.78, 5) is 2.67. The first-order valence-corrected chi connectivity index (χ1v) is 9.32. The molecule has 0 aromatic carbocycles. The molecule has 1 saturated heterocycles. The second kappa shape index (κ2) is 7.32. The minimum Gasteiger partial charge on any atom is -0.381 e. The third-order valence-electron chi connectivity index (χ3n) is 5.75. The summed E-state index contributed by atoms with van der Waals surface area (Å²) in [5.74, 6) is 0.676. The number of nitrogens with zero attached hydrogens (tertiary/aromatic N) is 3. The molecule has 5 heteroatoms. The molecule has 23 heavy (non-hydrogen) atoms. The van der Waals surface area contributed by atoms with E-state index in [4.69, 9.17) is 9.47 Å². The topological polar surface area (TPSA) is 39.5 Å². The van der Waals surface area contributed by atoms with Crippen molar-refractivity contribution in [2.24, 2.45) is 5.92 Å². The zero-order chi connectivity index (χ0) is 15.5. The number of aromatic nitrogens is 2. The molecule has 0 bridgehead atoms. The van der Waals surface area contributed by atoms with Gasteiger partial charge < -0.3 is 9.47 Å². The fourth-order valence-electron chi connectivity index (χ4n) is 4.37. The molecule has 1 aromatic heterocycles. The highest BCUT2D eigenvalue weighted by Gasteiger charge is 2.31. The smallest absolute Gasteiger partial charge is 0.0883 e. The van der Waals surface area contributed by atoms with Crippen LogP contribution in [0.15, 0.2) is 12.3 Å². The number of rotatable bonds is 5. The average molecular weight is 319 g/mol. The second-order valence-electron chi connectivity index (χ2n) is 7.38. The maximum Gasteiger partial charge on any atom is 0.0883 e. The highest BCUT2D eigenvalue weighted by atomic mass is 16.5. The van der Waals surface area contributed by atoms with Gasteiger partial charge in [-0.2, -0.15) is 5.10 Å². The summed E-state index contributed by atoms with van der Waals surface area (Å²) in [7, 11) is 0. The molecule has 0 radical (unpaired) electrons. The van der Waals surface area contributed by atoms with Gasteiger partial charge in [0, 0.05) is 45.1 Å². The van der Waals surface area contributed by atoms with E-state index in [1.54, 1.807) is 0 Å². The Hall–Kier alpha value is -0.910. The predicted molar refractivity (Wildman–Crippen MR) is 88.3 cm³/mol. The lowest BCUT2D eigenvalue weighted by molar-refractivity contribution is 0.000621. The number of ether oxygens (including phenoxy) is 2. The summed E-state index contributed by atoms with van der Waals surface area (Å²) in [5.41, 5.74) is 1.35. The Bertz CT molecular complexity index is 492. The van der Waals surface area contributed by atoms with E-state index in [9.17, 15) is 0 Å². The van der Waals surface area contributed by atoms with Crippen LogP contribution in [0.25, 0.3) is 0 Å². The molecule has 2 fully saturated rings. The van der Waals surface area contributed by atoms with Gasteiger partial charge in [0.1, 0.15) is 0 Å². The summed E-state index contributed by atoms with van der Waals surface area (Å²) >= 11 is 0. The van der Waals surface area contributed by atoms with Crippen molar-refractivity contribution < 1.29 is 9.47 Å². The summed E-state index contributed by atoms with van der Waals surface area (Å²) < 4.78 is 13.7. The largest absolute Gasteiger partial charge is 0.381 e. The first-order chi connectivity index (χ1) is 11.4. The van der Waals surface area contributed by atoms with Crippen LogP contribution in [0, 0.1) is 5.92 Å². The van der Waals surface area contributed by atoms with Gasteiger partial charge in [-0.05, 0) is 37.7 Å². The van der Waals surface area contributed by atoms with Crippen LogP contribution in [0.3, 0.4) is 0 Å². The van der Waals surface area contributed by atoms with E-state index < -0.39 is 0 Å². The maximum atomic E-state index is 6.11. The van der Waals surface area contributed by atoms with Crippen LogP contribution >= 0.6 is 0 Å². The molecular weight excluding hydrogens is 290 g/mol. The minimum atomic E-state index is 0.370. The maximum absolute atomic E-state index is 6.11. The van der Waals surface area contributed by atoms with Gasteiger partial charge in [-0.3, -0.25) is 9.58 Å². The van der Waals surface area contributed by atoms with Crippen LogP contribution in [-0.4, -0.2) is 53.7 Å². The zero-order valence-electron chi connectivity index (χ0n) is 14.0. The van der Waals surface area contributed by atoms with Crippen LogP contribution in [0.4, 0.5) is 0 Å². The van der Waals surface area contributed by atoms with Crippen molar-refractivity contribution >= 4 is 0 Å². The molecule has 3 heterocycles. The number of hydrogen-bond acceptors (Lipinski definition) is 4. The molecule has 5 nitrogen and oxygen atoms in total. The van der Waals surface area contributed by atoms with E-state index in [0.717, 1.165) is 58.4 Å². The lowest BCUT2D eigenvalue weighted by atomic mass is 10.0. The van der Waals surface area contributed by atoms with Crippen LogP contribution in [-0.2, 0) is 16.0 Å². The minimum absolute atomic E-state index is 0.370. The second-order valence-corrected chi connectivity index (χ2v) is 7.38. The Morgan fingerprint density at radius 1 is 1.13 bits per heavy atom. The van der Waals surface area contributed by atoms with Crippen molar-refractivity contribution in [2.75, 3.05) is 33.0 Å². The van der Waals surface area contributed by atoms with Crippen molar-refractivity contribution in [2.45, 2.75) is 57.2 Å². The van der Waals surface area contributed by atoms with Crippen molar-refractivity contribution in [1.29, 1.82) is 0 Å². The molecule has 1 atom stereocenters. The predicted octanol–water partition coefficient (Wildman–Crippen LogP) is 2.63. The van der Waals surface area contributed by atoms with Crippen LogP contribution in [0.1, 0.15) is 50.3 Å². The van der Waals surface area contributed by atoms with Crippen molar-refractivity contribution in [3.63, 3.8) is 0 Å². The summed E-state index contributed by atoms with van der Waals surface area (Å²) in [6.45, 7) is 5.61. The molecule has 3 aliphatic rings. The van der Waals surface area contributed by atoms with Crippen molar-refractivity contribution in [1.82, 2.24) is 14.7 Å². The van der Waals surface area contributed by atoms with Gasteiger partial charge in [0.2, 0.25) is 0 Å². The van der Waals surface area contributed by atoms with Crippen molar-refractivity contribution in [3.05, 3.63) is 18.0 Å². The quantitative estimate of drug-likeness (QED) is 0.836. The van der Waals surface area contributed by atoms with Crippen LogP contribution in [0.5, 0.6) is 0 Å². The van der Waals surface area contributed by atoms with Gasteiger partial charge in [-0.25, -0.2) is 0 Å². The average Bonchev–Trinajstić information content (AvgIpc) is 3.27. The van der Waals surface area contributed by atoms with E-state index >= 15 is 0 Å². The Balaban J connectivity index is 1.34. The Labute approximate surface area is 138 Å². The van der Waals surface area contributed by atoms with E-state index in [1.807, 2.05) is 6.20 Å². The highest BCUT2D eigenvalue weighted by Crippen LogP contribution is 2.30. The molecule has 0 amide bonds. The molecule has 0 spiro atoms. The molecule has 0 unspecified atom stereocenters. The van der Waals surface area contributed by atoms with Gasteiger partial charge in [0.15, 0.2) is 0 Å². The lowest BCUT2D eigenvalue weighted by Crippen LogP contribution is -2.44. The van der Waals surface area contributed by atoms with Crippen LogP contribution < -0.4 is 0 Å². The molecule has 2 aliphatic heterocycles. The normalized spacial score (nSPS) is 27.4. The molecule has 1 aliphatic carbocycles. The molecular formula is C18H29N3O2. The Morgan fingerprint density at radius 2 is 1.96 bits per heavy atom.